The SMILES string of the molecule is CONS(=O)(=O)c1ccc(C(=O)N2CCN(CC(=O)N3CCCCC3)CC2)cc1. The first-order valence-corrected chi connectivity index (χ1v) is 11.3. The van der Waals surface area contributed by atoms with E-state index in [0.29, 0.717) is 38.3 Å². The molecule has 2 heterocycles. The molecule has 9 nitrogen and oxygen atoms in total. The zero-order chi connectivity index (χ0) is 20.9. The third-order valence-corrected chi connectivity index (χ3v) is 6.61. The van der Waals surface area contributed by atoms with Gasteiger partial charge in [-0.3, -0.25) is 19.3 Å². The first-order chi connectivity index (χ1) is 13.9. The fourth-order valence-electron chi connectivity index (χ4n) is 3.66. The van der Waals surface area contributed by atoms with Gasteiger partial charge in [0.1, 0.15) is 0 Å². The zero-order valence-electron chi connectivity index (χ0n) is 16.7. The molecule has 0 aliphatic carbocycles. The number of amides is 2. The van der Waals surface area contributed by atoms with E-state index in [1.807, 2.05) is 9.79 Å². The lowest BCUT2D eigenvalue weighted by Gasteiger charge is -2.36. The summed E-state index contributed by atoms with van der Waals surface area (Å²) in [4.78, 5) is 37.3. The number of nitrogens with one attached hydrogen (secondary N) is 1. The number of carbonyl (C=O) groups is 2. The summed E-state index contributed by atoms with van der Waals surface area (Å²) >= 11 is 0. The van der Waals surface area contributed by atoms with E-state index in [-0.39, 0.29) is 16.7 Å². The number of carbonyl (C=O) groups excluding carboxylic acids is 2. The molecule has 0 aromatic heterocycles. The summed E-state index contributed by atoms with van der Waals surface area (Å²) < 4.78 is 23.8. The third kappa shape index (κ3) is 5.53. The molecule has 0 atom stereocenters. The first kappa shape index (κ1) is 21.7. The van der Waals surface area contributed by atoms with Crippen LogP contribution in [0.15, 0.2) is 29.2 Å². The summed E-state index contributed by atoms with van der Waals surface area (Å²) in [5, 5.41) is 0. The van der Waals surface area contributed by atoms with Crippen LogP contribution in [0.2, 0.25) is 0 Å². The van der Waals surface area contributed by atoms with Gasteiger partial charge in [0, 0.05) is 44.8 Å². The van der Waals surface area contributed by atoms with Gasteiger partial charge in [0.05, 0.1) is 18.6 Å². The number of hydrogen-bond acceptors (Lipinski definition) is 6. The summed E-state index contributed by atoms with van der Waals surface area (Å²) in [6.07, 6.45) is 3.35. The van der Waals surface area contributed by atoms with Gasteiger partial charge in [-0.1, -0.05) is 4.89 Å². The lowest BCUT2D eigenvalue weighted by molar-refractivity contribution is -0.133. The molecule has 1 N–H and O–H groups in total. The second-order valence-corrected chi connectivity index (χ2v) is 8.97. The van der Waals surface area contributed by atoms with E-state index < -0.39 is 10.0 Å². The summed E-state index contributed by atoms with van der Waals surface area (Å²) in [7, 11) is -2.53. The van der Waals surface area contributed by atoms with E-state index in [1.54, 1.807) is 4.90 Å². The molecule has 2 aliphatic heterocycles. The molecule has 1 aromatic rings. The van der Waals surface area contributed by atoms with Crippen molar-refractivity contribution in [2.75, 3.05) is 52.9 Å². The Morgan fingerprint density at radius 2 is 1.55 bits per heavy atom. The lowest BCUT2D eigenvalue weighted by atomic mass is 10.1. The van der Waals surface area contributed by atoms with Gasteiger partial charge in [-0.05, 0) is 43.5 Å². The van der Waals surface area contributed by atoms with Gasteiger partial charge in [0.25, 0.3) is 15.9 Å². The predicted octanol–water partition coefficient (Wildman–Crippen LogP) is 0.297. The van der Waals surface area contributed by atoms with Gasteiger partial charge in [-0.2, -0.15) is 0 Å². The van der Waals surface area contributed by atoms with E-state index >= 15 is 0 Å². The van der Waals surface area contributed by atoms with Crippen LogP contribution in [-0.2, 0) is 19.7 Å². The van der Waals surface area contributed by atoms with Gasteiger partial charge in [-0.25, -0.2) is 8.42 Å². The monoisotopic (exact) mass is 424 g/mol. The highest BCUT2D eigenvalue weighted by Gasteiger charge is 2.25. The highest BCUT2D eigenvalue weighted by atomic mass is 32.2. The van der Waals surface area contributed by atoms with Crippen molar-refractivity contribution in [3.05, 3.63) is 29.8 Å². The maximum atomic E-state index is 12.7. The van der Waals surface area contributed by atoms with Gasteiger partial charge in [0.15, 0.2) is 0 Å². The summed E-state index contributed by atoms with van der Waals surface area (Å²) in [6, 6.07) is 5.75. The molecule has 10 heteroatoms. The van der Waals surface area contributed by atoms with Crippen molar-refractivity contribution >= 4 is 21.8 Å². The second-order valence-electron chi connectivity index (χ2n) is 7.33. The molecular weight excluding hydrogens is 396 g/mol. The minimum absolute atomic E-state index is 0.0249. The minimum Gasteiger partial charge on any atom is -0.342 e. The molecular formula is C19H28N4O5S. The zero-order valence-corrected chi connectivity index (χ0v) is 17.5. The molecule has 2 saturated heterocycles. The Hall–Kier alpha value is -2.01. The number of rotatable bonds is 6. The smallest absolute Gasteiger partial charge is 0.262 e. The highest BCUT2D eigenvalue weighted by Crippen LogP contribution is 2.14. The van der Waals surface area contributed by atoms with Crippen LogP contribution in [0.1, 0.15) is 29.6 Å². The van der Waals surface area contributed by atoms with Crippen molar-refractivity contribution in [2.45, 2.75) is 24.2 Å². The number of sulfonamides is 1. The fourth-order valence-corrected chi connectivity index (χ4v) is 4.47. The average Bonchev–Trinajstić information content (AvgIpc) is 2.74. The van der Waals surface area contributed by atoms with Crippen LogP contribution in [0.3, 0.4) is 0 Å². The largest absolute Gasteiger partial charge is 0.342 e. The van der Waals surface area contributed by atoms with Crippen LogP contribution in [-0.4, -0.2) is 87.9 Å². The topological polar surface area (TPSA) is 99.3 Å². The summed E-state index contributed by atoms with van der Waals surface area (Å²) in [5.74, 6) is 0.0293. The standard InChI is InChI=1S/C19H28N4O5S/c1-28-20-29(26,27)17-7-5-16(6-8-17)19(25)23-13-11-21(12-14-23)15-18(24)22-9-3-2-4-10-22/h5-8,20H,2-4,9-15H2,1H3. The highest BCUT2D eigenvalue weighted by molar-refractivity contribution is 7.89. The molecule has 29 heavy (non-hydrogen) atoms. The molecule has 1 aromatic carbocycles. The maximum absolute atomic E-state index is 12.7. The Morgan fingerprint density at radius 3 is 2.14 bits per heavy atom. The maximum Gasteiger partial charge on any atom is 0.262 e. The molecule has 2 fully saturated rings. The van der Waals surface area contributed by atoms with Gasteiger partial charge in [0.2, 0.25) is 5.91 Å². The molecule has 2 aliphatic rings. The Kier molecular flexibility index (Phi) is 7.23. The minimum atomic E-state index is -3.75. The summed E-state index contributed by atoms with van der Waals surface area (Å²) in [5.41, 5.74) is 0.430. The van der Waals surface area contributed by atoms with Crippen LogP contribution >= 0.6 is 0 Å². The van der Waals surface area contributed by atoms with Crippen molar-refractivity contribution in [2.24, 2.45) is 0 Å². The van der Waals surface area contributed by atoms with Gasteiger partial charge < -0.3 is 9.80 Å². The predicted molar refractivity (Wildman–Crippen MR) is 107 cm³/mol. The molecule has 160 valence electrons. The number of piperazine rings is 1. The van der Waals surface area contributed by atoms with E-state index in [4.69, 9.17) is 0 Å². The van der Waals surface area contributed by atoms with E-state index in [9.17, 15) is 18.0 Å². The van der Waals surface area contributed by atoms with E-state index in [0.717, 1.165) is 25.9 Å². The Balaban J connectivity index is 1.51. The number of piperidine rings is 1. The van der Waals surface area contributed by atoms with Gasteiger partial charge in [-0.15, -0.1) is 0 Å². The Morgan fingerprint density at radius 1 is 0.931 bits per heavy atom. The third-order valence-electron chi connectivity index (χ3n) is 5.33. The van der Waals surface area contributed by atoms with Crippen LogP contribution in [0.4, 0.5) is 0 Å². The van der Waals surface area contributed by atoms with Crippen molar-refractivity contribution < 1.29 is 22.8 Å². The van der Waals surface area contributed by atoms with Crippen LogP contribution in [0.5, 0.6) is 0 Å². The first-order valence-electron chi connectivity index (χ1n) is 9.85. The van der Waals surface area contributed by atoms with Crippen LogP contribution in [0.25, 0.3) is 0 Å². The summed E-state index contributed by atoms with van der Waals surface area (Å²) in [6.45, 7) is 4.48. The molecule has 0 saturated carbocycles. The van der Waals surface area contributed by atoms with Crippen molar-refractivity contribution in [1.29, 1.82) is 0 Å². The number of hydrogen-bond donors (Lipinski definition) is 1. The molecule has 0 radical (unpaired) electrons. The van der Waals surface area contributed by atoms with Crippen molar-refractivity contribution in [3.63, 3.8) is 0 Å². The number of likely N-dealkylation sites (tertiary alicyclic amines) is 1. The van der Waals surface area contributed by atoms with Gasteiger partial charge >= 0.3 is 0 Å². The fraction of sp³-hybridized carbons (Fsp3) is 0.579. The molecule has 0 unspecified atom stereocenters. The van der Waals surface area contributed by atoms with E-state index in [1.165, 1.54) is 37.8 Å². The Labute approximate surface area is 171 Å². The normalized spacial score (nSPS) is 18.7. The second kappa shape index (κ2) is 9.66. The van der Waals surface area contributed by atoms with Crippen molar-refractivity contribution in [1.82, 2.24) is 19.6 Å². The molecule has 0 spiro atoms. The number of benzene rings is 1. The lowest BCUT2D eigenvalue weighted by Crippen LogP contribution is -2.52. The van der Waals surface area contributed by atoms with Crippen LogP contribution in [0, 0.1) is 0 Å². The number of nitrogens with zero attached hydrogens (tertiary/aromatic N) is 3. The van der Waals surface area contributed by atoms with Crippen molar-refractivity contribution in [3.8, 4) is 0 Å². The average molecular weight is 425 g/mol. The molecule has 2 amide bonds. The molecule has 0 bridgehead atoms. The van der Waals surface area contributed by atoms with Crippen LogP contribution < -0.4 is 4.89 Å². The quantitative estimate of drug-likeness (QED) is 0.660. The Bertz CT molecular complexity index is 814. The van der Waals surface area contributed by atoms with E-state index in [2.05, 4.69) is 9.74 Å². The molecule has 3 rings (SSSR count).